The van der Waals surface area contributed by atoms with Crippen molar-refractivity contribution in [2.45, 2.75) is 13.8 Å². The van der Waals surface area contributed by atoms with E-state index in [1.165, 1.54) is 12.7 Å². The maximum Gasteiger partial charge on any atom is 0.216 e. The van der Waals surface area contributed by atoms with Crippen molar-refractivity contribution >= 4 is 0 Å². The number of rotatable bonds is 11. The van der Waals surface area contributed by atoms with E-state index in [9.17, 15) is 0 Å². The maximum atomic E-state index is 5.56. The molecule has 1 saturated heterocycles. The molecule has 0 bridgehead atoms. The zero-order valence-electron chi connectivity index (χ0n) is 18.7. The molecule has 172 valence electrons. The third-order valence-corrected chi connectivity index (χ3v) is 4.23. The zero-order valence-corrected chi connectivity index (χ0v) is 18.7. The van der Waals surface area contributed by atoms with Crippen LogP contribution in [0.15, 0.2) is 24.8 Å². The van der Waals surface area contributed by atoms with Gasteiger partial charge in [0.2, 0.25) is 11.8 Å². The van der Waals surface area contributed by atoms with Crippen LogP contribution in [0.25, 0.3) is 0 Å². The minimum Gasteiger partial charge on any atom is -0.476 e. The summed E-state index contributed by atoms with van der Waals surface area (Å²) in [7, 11) is 1.64. The van der Waals surface area contributed by atoms with E-state index in [0.717, 1.165) is 44.2 Å². The van der Waals surface area contributed by atoms with Crippen LogP contribution in [0.1, 0.15) is 11.4 Å². The largest absolute Gasteiger partial charge is 0.476 e. The number of nitrogens with zero attached hydrogens (tertiary/aromatic N) is 5. The number of hydrogen-bond acceptors (Lipinski definition) is 10. The number of methoxy groups -OCH3 is 1. The van der Waals surface area contributed by atoms with E-state index < -0.39 is 0 Å². The number of morpholine rings is 1. The fourth-order valence-electron chi connectivity index (χ4n) is 2.57. The summed E-state index contributed by atoms with van der Waals surface area (Å²) in [5.41, 5.74) is 1.82. The van der Waals surface area contributed by atoms with E-state index in [1.54, 1.807) is 13.2 Å². The fraction of sp³-hybridized carbons (Fsp3) is 0.619. The second-order valence-electron chi connectivity index (χ2n) is 6.75. The lowest BCUT2D eigenvalue weighted by Crippen LogP contribution is -2.38. The van der Waals surface area contributed by atoms with Gasteiger partial charge >= 0.3 is 0 Å². The Labute approximate surface area is 183 Å². The normalized spacial score (nSPS) is 13.9. The van der Waals surface area contributed by atoms with Gasteiger partial charge in [-0.15, -0.1) is 0 Å². The van der Waals surface area contributed by atoms with Crippen molar-refractivity contribution in [1.29, 1.82) is 0 Å². The monoisotopic (exact) mass is 435 g/mol. The van der Waals surface area contributed by atoms with E-state index in [-0.39, 0.29) is 0 Å². The van der Waals surface area contributed by atoms with Crippen molar-refractivity contribution in [2.24, 2.45) is 0 Å². The molecule has 10 heteroatoms. The molecule has 0 saturated carbocycles. The molecule has 0 atom stereocenters. The van der Waals surface area contributed by atoms with Crippen molar-refractivity contribution in [3.05, 3.63) is 36.2 Å². The SMILES string of the molecule is COCCOCCOc1cc(C)ncn1.Cc1cc(OCCN2CCOCC2)ncn1. The molecule has 0 spiro atoms. The quantitative estimate of drug-likeness (QED) is 0.480. The van der Waals surface area contributed by atoms with Crippen LogP contribution in [-0.2, 0) is 14.2 Å². The van der Waals surface area contributed by atoms with Gasteiger partial charge in [-0.05, 0) is 13.8 Å². The van der Waals surface area contributed by atoms with Gasteiger partial charge in [0.1, 0.15) is 25.9 Å². The van der Waals surface area contributed by atoms with Crippen LogP contribution in [0.4, 0.5) is 0 Å². The van der Waals surface area contributed by atoms with E-state index in [0.29, 0.717) is 44.8 Å². The molecule has 0 amide bonds. The van der Waals surface area contributed by atoms with Gasteiger partial charge in [0, 0.05) is 50.3 Å². The Morgan fingerprint density at radius 2 is 1.39 bits per heavy atom. The lowest BCUT2D eigenvalue weighted by atomic mass is 10.4. The highest BCUT2D eigenvalue weighted by Gasteiger charge is 2.09. The number of aromatic nitrogens is 4. The molecule has 0 aliphatic carbocycles. The topological polar surface area (TPSA) is 101 Å². The van der Waals surface area contributed by atoms with Crippen molar-refractivity contribution in [1.82, 2.24) is 24.8 Å². The average Bonchev–Trinajstić information content (AvgIpc) is 2.78. The van der Waals surface area contributed by atoms with E-state index >= 15 is 0 Å². The van der Waals surface area contributed by atoms with Crippen molar-refractivity contribution in [3.63, 3.8) is 0 Å². The summed E-state index contributed by atoms with van der Waals surface area (Å²) in [5, 5.41) is 0. The van der Waals surface area contributed by atoms with Crippen molar-refractivity contribution in [3.8, 4) is 11.8 Å². The molecule has 0 aromatic carbocycles. The minimum absolute atomic E-state index is 0.486. The molecule has 10 nitrogen and oxygen atoms in total. The Hall–Kier alpha value is -2.40. The Balaban J connectivity index is 0.000000221. The molecular weight excluding hydrogens is 402 g/mol. The number of hydrogen-bond donors (Lipinski definition) is 0. The van der Waals surface area contributed by atoms with Crippen LogP contribution in [0.3, 0.4) is 0 Å². The third kappa shape index (κ3) is 11.5. The molecule has 1 aliphatic heterocycles. The van der Waals surface area contributed by atoms with Gasteiger partial charge in [0.05, 0.1) is 33.0 Å². The second-order valence-corrected chi connectivity index (χ2v) is 6.75. The summed E-state index contributed by atoms with van der Waals surface area (Å²) in [6, 6.07) is 3.63. The molecule has 31 heavy (non-hydrogen) atoms. The summed E-state index contributed by atoms with van der Waals surface area (Å²) in [5.74, 6) is 1.23. The number of aryl methyl sites for hydroxylation is 2. The van der Waals surface area contributed by atoms with E-state index in [4.69, 9.17) is 23.7 Å². The van der Waals surface area contributed by atoms with Gasteiger partial charge in [-0.2, -0.15) is 0 Å². The number of ether oxygens (including phenoxy) is 5. The van der Waals surface area contributed by atoms with Crippen LogP contribution in [-0.4, -0.2) is 97.8 Å². The van der Waals surface area contributed by atoms with E-state index in [2.05, 4.69) is 24.8 Å². The highest BCUT2D eigenvalue weighted by Crippen LogP contribution is 2.06. The smallest absolute Gasteiger partial charge is 0.216 e. The van der Waals surface area contributed by atoms with Gasteiger partial charge in [0.25, 0.3) is 0 Å². The summed E-state index contributed by atoms with van der Waals surface area (Å²) in [6.07, 6.45) is 3.01. The van der Waals surface area contributed by atoms with Crippen LogP contribution < -0.4 is 9.47 Å². The first-order valence-electron chi connectivity index (χ1n) is 10.4. The Bertz CT molecular complexity index is 731. The first-order valence-corrected chi connectivity index (χ1v) is 10.4. The molecule has 0 unspecified atom stereocenters. The second kappa shape index (κ2) is 15.4. The summed E-state index contributed by atoms with van der Waals surface area (Å²) >= 11 is 0. The first-order chi connectivity index (χ1) is 15.2. The molecule has 0 N–H and O–H groups in total. The van der Waals surface area contributed by atoms with Crippen LogP contribution in [0.5, 0.6) is 11.8 Å². The molecule has 2 aromatic rings. The van der Waals surface area contributed by atoms with Crippen LogP contribution >= 0.6 is 0 Å². The van der Waals surface area contributed by atoms with Crippen LogP contribution in [0.2, 0.25) is 0 Å². The van der Waals surface area contributed by atoms with Crippen molar-refractivity contribution in [2.75, 3.05) is 73.0 Å². The van der Waals surface area contributed by atoms with Crippen LogP contribution in [0, 0.1) is 13.8 Å². The average molecular weight is 436 g/mol. The molecule has 0 radical (unpaired) electrons. The van der Waals surface area contributed by atoms with E-state index in [1.807, 2.05) is 19.9 Å². The molecular formula is C21H33N5O5. The lowest BCUT2D eigenvalue weighted by molar-refractivity contribution is 0.0320. The Kier molecular flexibility index (Phi) is 12.4. The minimum atomic E-state index is 0.486. The van der Waals surface area contributed by atoms with Gasteiger partial charge in [-0.1, -0.05) is 0 Å². The van der Waals surface area contributed by atoms with Gasteiger partial charge < -0.3 is 23.7 Å². The highest BCUT2D eigenvalue weighted by molar-refractivity contribution is 5.12. The highest BCUT2D eigenvalue weighted by atomic mass is 16.5. The maximum absolute atomic E-state index is 5.56. The molecule has 2 aromatic heterocycles. The lowest BCUT2D eigenvalue weighted by Gasteiger charge is -2.26. The fourth-order valence-corrected chi connectivity index (χ4v) is 2.57. The molecule has 1 aliphatic rings. The standard InChI is InChI=1S/C11H17N3O2.C10H16N2O3/c1-10-8-11(13-9-12-10)16-7-4-14-2-5-15-6-3-14;1-9-7-10(12-8-11-9)15-6-5-14-4-3-13-2/h8-9H,2-7H2,1H3;7-8H,3-6H2,1-2H3. The summed E-state index contributed by atoms with van der Waals surface area (Å²) in [4.78, 5) is 18.3. The predicted octanol–water partition coefficient (Wildman–Crippen LogP) is 1.32. The Morgan fingerprint density at radius 1 is 0.806 bits per heavy atom. The molecule has 3 rings (SSSR count). The zero-order chi connectivity index (χ0) is 22.2. The predicted molar refractivity (Wildman–Crippen MR) is 114 cm³/mol. The van der Waals surface area contributed by atoms with Gasteiger partial charge in [0.15, 0.2) is 0 Å². The first kappa shape index (κ1) is 24.9. The third-order valence-electron chi connectivity index (χ3n) is 4.23. The molecule has 1 fully saturated rings. The van der Waals surface area contributed by atoms with Crippen molar-refractivity contribution < 1.29 is 23.7 Å². The summed E-state index contributed by atoms with van der Waals surface area (Å²) in [6.45, 7) is 11.3. The Morgan fingerprint density at radius 3 is 1.97 bits per heavy atom. The van der Waals surface area contributed by atoms with Gasteiger partial charge in [-0.3, -0.25) is 4.90 Å². The molecule has 3 heterocycles. The summed E-state index contributed by atoms with van der Waals surface area (Å²) < 4.78 is 26.3. The van der Waals surface area contributed by atoms with Gasteiger partial charge in [-0.25, -0.2) is 19.9 Å².